The molecule has 0 spiro atoms. The third kappa shape index (κ3) is 2.32. The second-order valence-electron chi connectivity index (χ2n) is 3.98. The van der Waals surface area contributed by atoms with Crippen molar-refractivity contribution in [1.82, 2.24) is 9.80 Å². The highest BCUT2D eigenvalue weighted by Gasteiger charge is 2.30. The van der Waals surface area contributed by atoms with Gasteiger partial charge in [-0.25, -0.2) is 0 Å². The summed E-state index contributed by atoms with van der Waals surface area (Å²) in [7, 11) is 3.76. The van der Waals surface area contributed by atoms with Crippen molar-refractivity contribution >= 4 is 11.8 Å². The van der Waals surface area contributed by atoms with Crippen LogP contribution in [0.25, 0.3) is 0 Å². The van der Waals surface area contributed by atoms with Crippen molar-refractivity contribution in [2.24, 2.45) is 0 Å². The average molecular weight is 198 g/mol. The normalized spacial score (nSPS) is 23.9. The summed E-state index contributed by atoms with van der Waals surface area (Å²) in [6, 6.07) is -0.124. The fourth-order valence-electron chi connectivity index (χ4n) is 1.81. The molecule has 1 saturated heterocycles. The molecular formula is C10H18N2O2. The Labute approximate surface area is 84.9 Å². The van der Waals surface area contributed by atoms with Gasteiger partial charge in [-0.1, -0.05) is 0 Å². The fraction of sp³-hybridized carbons (Fsp3) is 0.800. The molecule has 0 aromatic heterocycles. The highest BCUT2D eigenvalue weighted by molar-refractivity contribution is 5.97. The maximum Gasteiger partial charge on any atom is 0.246 e. The zero-order chi connectivity index (χ0) is 10.7. The summed E-state index contributed by atoms with van der Waals surface area (Å²) in [5.74, 6) is -0.177. The summed E-state index contributed by atoms with van der Waals surface area (Å²) in [5, 5.41) is 0. The van der Waals surface area contributed by atoms with Gasteiger partial charge in [0.05, 0.1) is 6.04 Å². The summed E-state index contributed by atoms with van der Waals surface area (Å²) in [4.78, 5) is 26.4. The molecule has 1 heterocycles. The fourth-order valence-corrected chi connectivity index (χ4v) is 1.81. The number of amides is 2. The molecule has 0 bridgehead atoms. The van der Waals surface area contributed by atoms with Gasteiger partial charge in [-0.2, -0.15) is 0 Å². The maximum atomic E-state index is 11.9. The zero-order valence-corrected chi connectivity index (χ0v) is 9.12. The largest absolute Gasteiger partial charge is 0.298 e. The molecule has 0 radical (unpaired) electrons. The summed E-state index contributed by atoms with van der Waals surface area (Å²) in [6.45, 7) is 2.04. The first kappa shape index (κ1) is 11.2. The van der Waals surface area contributed by atoms with Crippen molar-refractivity contribution in [2.45, 2.75) is 32.2 Å². The van der Waals surface area contributed by atoms with Gasteiger partial charge >= 0.3 is 0 Å². The molecule has 0 aromatic carbocycles. The van der Waals surface area contributed by atoms with E-state index >= 15 is 0 Å². The van der Waals surface area contributed by atoms with Gasteiger partial charge in [0.25, 0.3) is 0 Å². The molecule has 0 N–H and O–H groups in total. The van der Waals surface area contributed by atoms with Gasteiger partial charge in [-0.15, -0.1) is 0 Å². The summed E-state index contributed by atoms with van der Waals surface area (Å²) in [5.41, 5.74) is 0. The zero-order valence-electron chi connectivity index (χ0n) is 9.12. The van der Waals surface area contributed by atoms with E-state index in [4.69, 9.17) is 0 Å². The molecule has 0 aromatic rings. The minimum absolute atomic E-state index is 0.0417. The van der Waals surface area contributed by atoms with Crippen LogP contribution in [0.1, 0.15) is 26.2 Å². The van der Waals surface area contributed by atoms with E-state index in [1.54, 1.807) is 0 Å². The number of imide groups is 1. The highest BCUT2D eigenvalue weighted by Crippen LogP contribution is 2.15. The minimum Gasteiger partial charge on any atom is -0.298 e. The molecule has 0 saturated carbocycles. The Morgan fingerprint density at radius 3 is 2.57 bits per heavy atom. The van der Waals surface area contributed by atoms with E-state index in [0.29, 0.717) is 6.54 Å². The van der Waals surface area contributed by atoms with Crippen LogP contribution in [0.3, 0.4) is 0 Å². The minimum atomic E-state index is -0.135. The number of likely N-dealkylation sites (N-methyl/N-ethyl adjacent to an activating group) is 1. The van der Waals surface area contributed by atoms with Crippen LogP contribution in [0.4, 0.5) is 0 Å². The summed E-state index contributed by atoms with van der Waals surface area (Å²) >= 11 is 0. The van der Waals surface area contributed by atoms with Gasteiger partial charge in [0.15, 0.2) is 0 Å². The molecule has 80 valence electrons. The Kier molecular flexibility index (Phi) is 3.63. The van der Waals surface area contributed by atoms with E-state index in [2.05, 4.69) is 0 Å². The summed E-state index contributed by atoms with van der Waals surface area (Å²) < 4.78 is 0. The van der Waals surface area contributed by atoms with Crippen LogP contribution >= 0.6 is 0 Å². The van der Waals surface area contributed by atoms with E-state index in [-0.39, 0.29) is 17.9 Å². The second kappa shape index (κ2) is 4.55. The van der Waals surface area contributed by atoms with Gasteiger partial charge in [-0.3, -0.25) is 19.4 Å². The Morgan fingerprint density at radius 2 is 2.07 bits per heavy atom. The molecule has 14 heavy (non-hydrogen) atoms. The van der Waals surface area contributed by atoms with Crippen LogP contribution in [-0.4, -0.2) is 48.3 Å². The lowest BCUT2D eigenvalue weighted by Crippen LogP contribution is -2.46. The molecule has 1 fully saturated rings. The van der Waals surface area contributed by atoms with Gasteiger partial charge in [0, 0.05) is 13.5 Å². The highest BCUT2D eigenvalue weighted by atomic mass is 16.2. The van der Waals surface area contributed by atoms with Gasteiger partial charge in [0.2, 0.25) is 11.8 Å². The predicted octanol–water partition coefficient (Wildman–Crippen LogP) is 0.476. The Balaban J connectivity index is 2.79. The molecule has 1 aliphatic rings. The molecule has 1 aliphatic heterocycles. The van der Waals surface area contributed by atoms with Crippen molar-refractivity contribution in [2.75, 3.05) is 20.6 Å². The average Bonchev–Trinajstić information content (AvgIpc) is 2.26. The van der Waals surface area contributed by atoms with E-state index in [9.17, 15) is 9.59 Å². The van der Waals surface area contributed by atoms with Crippen LogP contribution in [0.5, 0.6) is 0 Å². The number of rotatable bonds is 1. The van der Waals surface area contributed by atoms with Crippen LogP contribution in [-0.2, 0) is 9.59 Å². The van der Waals surface area contributed by atoms with Crippen LogP contribution in [0, 0.1) is 0 Å². The topological polar surface area (TPSA) is 40.6 Å². The van der Waals surface area contributed by atoms with E-state index < -0.39 is 0 Å². The molecular weight excluding hydrogens is 180 g/mol. The molecule has 2 amide bonds. The number of hydrogen-bond donors (Lipinski definition) is 0. The van der Waals surface area contributed by atoms with Crippen molar-refractivity contribution in [3.63, 3.8) is 0 Å². The number of nitrogens with zero attached hydrogens (tertiary/aromatic N) is 2. The lowest BCUT2D eigenvalue weighted by Gasteiger charge is -2.25. The second-order valence-corrected chi connectivity index (χ2v) is 3.98. The quantitative estimate of drug-likeness (QED) is 0.615. The molecule has 1 unspecified atom stereocenters. The molecule has 4 heteroatoms. The first-order valence-electron chi connectivity index (χ1n) is 5.02. The predicted molar refractivity (Wildman–Crippen MR) is 53.7 cm³/mol. The van der Waals surface area contributed by atoms with Crippen molar-refractivity contribution < 1.29 is 9.59 Å². The molecule has 1 rings (SSSR count). The first-order valence-corrected chi connectivity index (χ1v) is 5.02. The number of carbonyl (C=O) groups is 2. The summed E-state index contributed by atoms with van der Waals surface area (Å²) in [6.07, 6.45) is 2.80. The van der Waals surface area contributed by atoms with E-state index in [1.165, 1.54) is 11.8 Å². The van der Waals surface area contributed by atoms with E-state index in [0.717, 1.165) is 19.3 Å². The number of hydrogen-bond acceptors (Lipinski definition) is 3. The van der Waals surface area contributed by atoms with E-state index in [1.807, 2.05) is 19.0 Å². The van der Waals surface area contributed by atoms with Gasteiger partial charge < -0.3 is 0 Å². The maximum absolute atomic E-state index is 11.9. The van der Waals surface area contributed by atoms with Crippen molar-refractivity contribution in [1.29, 1.82) is 0 Å². The van der Waals surface area contributed by atoms with Crippen LogP contribution < -0.4 is 0 Å². The van der Waals surface area contributed by atoms with Gasteiger partial charge in [0.1, 0.15) is 0 Å². The molecule has 0 aliphatic carbocycles. The van der Waals surface area contributed by atoms with Crippen molar-refractivity contribution in [3.8, 4) is 0 Å². The van der Waals surface area contributed by atoms with Crippen LogP contribution in [0.2, 0.25) is 0 Å². The molecule has 1 atom stereocenters. The lowest BCUT2D eigenvalue weighted by atomic mass is 10.1. The lowest BCUT2D eigenvalue weighted by molar-refractivity contribution is -0.145. The van der Waals surface area contributed by atoms with Gasteiger partial charge in [-0.05, 0) is 33.4 Å². The monoisotopic (exact) mass is 198 g/mol. The number of likely N-dealkylation sites (tertiary alicyclic amines) is 1. The molecule has 4 nitrogen and oxygen atoms in total. The van der Waals surface area contributed by atoms with Crippen molar-refractivity contribution in [3.05, 3.63) is 0 Å². The number of carbonyl (C=O) groups excluding carboxylic acids is 2. The Bertz CT molecular complexity index is 238. The third-order valence-electron chi connectivity index (χ3n) is 2.66. The Morgan fingerprint density at radius 1 is 1.43 bits per heavy atom. The Hall–Kier alpha value is -0.900. The third-order valence-corrected chi connectivity index (χ3v) is 2.66. The SMILES string of the molecule is CC(=O)N1CCCCC(N(C)C)C1=O. The smallest absolute Gasteiger partial charge is 0.246 e. The first-order chi connectivity index (χ1) is 6.54. The van der Waals surface area contributed by atoms with Crippen LogP contribution in [0.15, 0.2) is 0 Å². The standard InChI is InChI=1S/C10H18N2O2/c1-8(13)12-7-5-4-6-9(10(12)14)11(2)3/h9H,4-7H2,1-3H3.